The van der Waals surface area contributed by atoms with E-state index in [-0.39, 0.29) is 0 Å². The Labute approximate surface area is 126 Å². The van der Waals surface area contributed by atoms with E-state index in [0.717, 1.165) is 6.54 Å². The summed E-state index contributed by atoms with van der Waals surface area (Å²) in [4.78, 5) is 2.66. The van der Waals surface area contributed by atoms with Crippen LogP contribution < -0.4 is 0 Å². The quantitative estimate of drug-likeness (QED) is 0.888. The van der Waals surface area contributed by atoms with Gasteiger partial charge in [-0.25, -0.2) is 0 Å². The Balaban J connectivity index is 1.58. The lowest BCUT2D eigenvalue weighted by Gasteiger charge is -2.33. The van der Waals surface area contributed by atoms with Gasteiger partial charge in [0.1, 0.15) is 5.76 Å². The van der Waals surface area contributed by atoms with Gasteiger partial charge in [-0.3, -0.25) is 4.90 Å². The van der Waals surface area contributed by atoms with E-state index < -0.39 is 0 Å². The maximum Gasteiger partial charge on any atom is 0.111 e. The molecule has 1 heterocycles. The average Bonchev–Trinajstić information content (AvgIpc) is 2.95. The third kappa shape index (κ3) is 2.04. The Morgan fingerprint density at radius 3 is 2.90 bits per heavy atom. The molecule has 0 aromatic heterocycles. The standard InChI is InChI=1S/C19H23NO/c1-19-9-10-20(13-14-5-3-2-4-6-14)18(19)11-15-7-8-16(21)12-17(15)19/h2-8,12,15,17-18,21H,9-11,13H2,1H3. The summed E-state index contributed by atoms with van der Waals surface area (Å²) in [6.45, 7) is 4.66. The molecule has 110 valence electrons. The molecule has 1 aromatic carbocycles. The predicted molar refractivity (Wildman–Crippen MR) is 84.8 cm³/mol. The average molecular weight is 281 g/mol. The fraction of sp³-hybridized carbons (Fsp3) is 0.474. The fourth-order valence-electron chi connectivity index (χ4n) is 4.81. The minimum Gasteiger partial charge on any atom is -0.508 e. The monoisotopic (exact) mass is 281 g/mol. The smallest absolute Gasteiger partial charge is 0.111 e. The summed E-state index contributed by atoms with van der Waals surface area (Å²) in [5, 5.41) is 9.85. The summed E-state index contributed by atoms with van der Waals surface area (Å²) in [6.07, 6.45) is 8.69. The highest BCUT2D eigenvalue weighted by molar-refractivity contribution is 5.27. The molecule has 1 aliphatic heterocycles. The number of fused-ring (bicyclic) bond motifs is 3. The van der Waals surface area contributed by atoms with Crippen LogP contribution in [0.4, 0.5) is 0 Å². The number of allylic oxidation sites excluding steroid dienone is 3. The number of likely N-dealkylation sites (tertiary alicyclic amines) is 1. The summed E-state index contributed by atoms with van der Waals surface area (Å²) in [5.74, 6) is 1.57. The molecule has 4 unspecified atom stereocenters. The molecular weight excluding hydrogens is 258 g/mol. The molecule has 0 radical (unpaired) electrons. The summed E-state index contributed by atoms with van der Waals surface area (Å²) < 4.78 is 0. The molecule has 1 N–H and O–H groups in total. The second kappa shape index (κ2) is 4.74. The SMILES string of the molecule is CC12CCN(Cc3ccccc3)C1CC1C=CC(O)=CC12. The molecule has 2 heteroatoms. The number of nitrogens with zero attached hydrogens (tertiary/aromatic N) is 1. The Bertz CT molecular complexity index is 591. The van der Waals surface area contributed by atoms with Crippen molar-refractivity contribution in [1.82, 2.24) is 4.90 Å². The summed E-state index contributed by atoms with van der Waals surface area (Å²) >= 11 is 0. The van der Waals surface area contributed by atoms with Crippen molar-refractivity contribution in [2.75, 3.05) is 6.54 Å². The van der Waals surface area contributed by atoms with Crippen LogP contribution in [-0.4, -0.2) is 22.6 Å². The molecule has 3 aliphatic rings. The van der Waals surface area contributed by atoms with Gasteiger partial charge in [0.2, 0.25) is 0 Å². The van der Waals surface area contributed by atoms with Gasteiger partial charge in [0.15, 0.2) is 0 Å². The van der Waals surface area contributed by atoms with E-state index in [1.165, 1.54) is 24.9 Å². The first-order valence-electron chi connectivity index (χ1n) is 8.04. The van der Waals surface area contributed by atoms with Gasteiger partial charge in [-0.05, 0) is 54.4 Å². The van der Waals surface area contributed by atoms with Crippen LogP contribution in [0.1, 0.15) is 25.3 Å². The highest BCUT2D eigenvalue weighted by Crippen LogP contribution is 2.57. The minimum atomic E-state index is 0.318. The lowest BCUT2D eigenvalue weighted by molar-refractivity contribution is 0.172. The normalized spacial score (nSPS) is 38.1. The maximum atomic E-state index is 9.85. The molecule has 1 saturated carbocycles. The predicted octanol–water partition coefficient (Wildman–Crippen LogP) is 3.92. The number of benzene rings is 1. The summed E-state index contributed by atoms with van der Waals surface area (Å²) in [7, 11) is 0. The maximum absolute atomic E-state index is 9.85. The van der Waals surface area contributed by atoms with Crippen molar-refractivity contribution >= 4 is 0 Å². The van der Waals surface area contributed by atoms with Gasteiger partial charge in [-0.2, -0.15) is 0 Å². The first kappa shape index (κ1) is 13.1. The zero-order valence-electron chi connectivity index (χ0n) is 12.6. The van der Waals surface area contributed by atoms with Gasteiger partial charge in [-0.15, -0.1) is 0 Å². The molecule has 2 nitrogen and oxygen atoms in total. The van der Waals surface area contributed by atoms with Crippen LogP contribution in [0.2, 0.25) is 0 Å². The number of rotatable bonds is 2. The van der Waals surface area contributed by atoms with E-state index in [9.17, 15) is 5.11 Å². The van der Waals surface area contributed by atoms with Crippen molar-refractivity contribution in [1.29, 1.82) is 0 Å². The molecule has 1 saturated heterocycles. The topological polar surface area (TPSA) is 23.5 Å². The third-order valence-corrected chi connectivity index (χ3v) is 5.95. The van der Waals surface area contributed by atoms with E-state index in [4.69, 9.17) is 0 Å². The zero-order chi connectivity index (χ0) is 14.4. The number of hydrogen-bond acceptors (Lipinski definition) is 2. The first-order chi connectivity index (χ1) is 10.2. The van der Waals surface area contributed by atoms with Crippen molar-refractivity contribution in [3.8, 4) is 0 Å². The Morgan fingerprint density at radius 2 is 2.10 bits per heavy atom. The van der Waals surface area contributed by atoms with Crippen molar-refractivity contribution in [3.05, 3.63) is 59.9 Å². The Morgan fingerprint density at radius 1 is 1.29 bits per heavy atom. The van der Waals surface area contributed by atoms with Crippen LogP contribution in [-0.2, 0) is 6.54 Å². The number of hydrogen-bond donors (Lipinski definition) is 1. The molecular formula is C19H23NO. The van der Waals surface area contributed by atoms with Crippen molar-refractivity contribution < 1.29 is 5.11 Å². The molecule has 21 heavy (non-hydrogen) atoms. The van der Waals surface area contributed by atoms with Gasteiger partial charge < -0.3 is 5.11 Å². The molecule has 0 spiro atoms. The molecule has 1 aromatic rings. The van der Waals surface area contributed by atoms with Crippen LogP contribution in [0.5, 0.6) is 0 Å². The highest BCUT2D eigenvalue weighted by Gasteiger charge is 2.55. The summed E-state index contributed by atoms with van der Waals surface area (Å²) in [6, 6.07) is 11.4. The van der Waals surface area contributed by atoms with E-state index in [2.05, 4.69) is 54.3 Å². The Kier molecular flexibility index (Phi) is 2.97. The number of aliphatic hydroxyl groups excluding tert-OH is 1. The fourth-order valence-corrected chi connectivity index (χ4v) is 4.81. The van der Waals surface area contributed by atoms with Crippen LogP contribution in [0, 0.1) is 17.3 Å². The van der Waals surface area contributed by atoms with Gasteiger partial charge in [0.05, 0.1) is 0 Å². The van der Waals surface area contributed by atoms with Crippen LogP contribution >= 0.6 is 0 Å². The Hall–Kier alpha value is -1.54. The lowest BCUT2D eigenvalue weighted by Crippen LogP contribution is -2.35. The van der Waals surface area contributed by atoms with E-state index in [1.807, 2.05) is 6.08 Å². The van der Waals surface area contributed by atoms with Crippen molar-refractivity contribution in [2.45, 2.75) is 32.4 Å². The zero-order valence-corrected chi connectivity index (χ0v) is 12.6. The summed E-state index contributed by atoms with van der Waals surface area (Å²) in [5.41, 5.74) is 1.73. The molecule has 4 rings (SSSR count). The van der Waals surface area contributed by atoms with E-state index in [1.54, 1.807) is 0 Å². The second-order valence-corrected chi connectivity index (χ2v) is 7.10. The number of aliphatic hydroxyl groups is 1. The second-order valence-electron chi connectivity index (χ2n) is 7.10. The van der Waals surface area contributed by atoms with Crippen molar-refractivity contribution in [2.24, 2.45) is 17.3 Å². The molecule has 4 atom stereocenters. The largest absolute Gasteiger partial charge is 0.508 e. The van der Waals surface area contributed by atoms with E-state index in [0.29, 0.717) is 29.1 Å². The van der Waals surface area contributed by atoms with Crippen molar-refractivity contribution in [3.63, 3.8) is 0 Å². The lowest BCUT2D eigenvalue weighted by atomic mass is 9.73. The van der Waals surface area contributed by atoms with Crippen LogP contribution in [0.3, 0.4) is 0 Å². The highest BCUT2D eigenvalue weighted by atomic mass is 16.3. The van der Waals surface area contributed by atoms with Crippen LogP contribution in [0.25, 0.3) is 0 Å². The molecule has 0 bridgehead atoms. The molecule has 0 amide bonds. The third-order valence-electron chi connectivity index (χ3n) is 5.95. The van der Waals surface area contributed by atoms with Gasteiger partial charge >= 0.3 is 0 Å². The van der Waals surface area contributed by atoms with Gasteiger partial charge in [0, 0.05) is 12.6 Å². The first-order valence-corrected chi connectivity index (χ1v) is 8.04. The minimum absolute atomic E-state index is 0.318. The molecule has 2 fully saturated rings. The van der Waals surface area contributed by atoms with Gasteiger partial charge in [-0.1, -0.05) is 43.3 Å². The molecule has 2 aliphatic carbocycles. The van der Waals surface area contributed by atoms with E-state index >= 15 is 0 Å². The van der Waals surface area contributed by atoms with Gasteiger partial charge in [0.25, 0.3) is 0 Å². The van der Waals surface area contributed by atoms with Crippen LogP contribution in [0.15, 0.2) is 54.3 Å².